The van der Waals surface area contributed by atoms with E-state index in [9.17, 15) is 4.79 Å². The van der Waals surface area contributed by atoms with Crippen LogP contribution in [0.25, 0.3) is 5.65 Å². The standard InChI is InChI=1S/C16H17BrN4OS/c1-8(2)12-7-23-16(19-12)20-15(22)13-10(4)18-14-9(3)5-11(17)6-21(13)14/h5-8H,1-4H3,(H,19,20,22). The molecule has 0 aromatic carbocycles. The van der Waals surface area contributed by atoms with Gasteiger partial charge >= 0.3 is 0 Å². The largest absolute Gasteiger partial charge is 0.296 e. The minimum Gasteiger partial charge on any atom is -0.296 e. The fraction of sp³-hybridized carbons (Fsp3) is 0.312. The number of fused-ring (bicyclic) bond motifs is 1. The Bertz CT molecular complexity index is 897. The maximum atomic E-state index is 12.7. The normalized spacial score (nSPS) is 11.4. The number of hydrogen-bond donors (Lipinski definition) is 1. The topological polar surface area (TPSA) is 59.3 Å². The molecule has 0 atom stereocenters. The fourth-order valence-corrected chi connectivity index (χ4v) is 3.84. The van der Waals surface area contributed by atoms with Crippen molar-refractivity contribution in [3.05, 3.63) is 44.8 Å². The molecule has 0 bridgehead atoms. The molecule has 3 aromatic heterocycles. The van der Waals surface area contributed by atoms with Gasteiger partial charge in [-0.25, -0.2) is 9.97 Å². The molecule has 3 rings (SSSR count). The highest BCUT2D eigenvalue weighted by Crippen LogP contribution is 2.24. The van der Waals surface area contributed by atoms with Gasteiger partial charge in [0.15, 0.2) is 5.13 Å². The van der Waals surface area contributed by atoms with Gasteiger partial charge in [0.2, 0.25) is 0 Å². The predicted molar refractivity (Wildman–Crippen MR) is 96.5 cm³/mol. The lowest BCUT2D eigenvalue weighted by Crippen LogP contribution is -2.15. The zero-order valence-corrected chi connectivity index (χ0v) is 15.7. The van der Waals surface area contributed by atoms with Gasteiger partial charge in [0, 0.05) is 16.0 Å². The number of thiazole rings is 1. The molecule has 0 aliphatic carbocycles. The number of halogens is 1. The molecular weight excluding hydrogens is 376 g/mol. The monoisotopic (exact) mass is 392 g/mol. The molecule has 5 nitrogen and oxygen atoms in total. The van der Waals surface area contributed by atoms with E-state index < -0.39 is 0 Å². The van der Waals surface area contributed by atoms with Gasteiger partial charge in [-0.1, -0.05) is 13.8 Å². The molecule has 0 spiro atoms. The van der Waals surface area contributed by atoms with Crippen LogP contribution < -0.4 is 5.32 Å². The van der Waals surface area contributed by atoms with Gasteiger partial charge in [0.25, 0.3) is 5.91 Å². The second kappa shape index (κ2) is 6.05. The van der Waals surface area contributed by atoms with E-state index in [4.69, 9.17) is 0 Å². The summed E-state index contributed by atoms with van der Waals surface area (Å²) in [5.41, 5.74) is 4.02. The zero-order chi connectivity index (χ0) is 16.7. The van der Waals surface area contributed by atoms with Gasteiger partial charge < -0.3 is 0 Å². The van der Waals surface area contributed by atoms with Crippen LogP contribution in [-0.4, -0.2) is 20.3 Å². The summed E-state index contributed by atoms with van der Waals surface area (Å²) < 4.78 is 2.73. The van der Waals surface area contributed by atoms with Gasteiger partial charge in [-0.15, -0.1) is 11.3 Å². The molecule has 0 saturated heterocycles. The van der Waals surface area contributed by atoms with Gasteiger partial charge in [0.05, 0.1) is 11.4 Å². The molecule has 120 valence electrons. The highest BCUT2D eigenvalue weighted by Gasteiger charge is 2.19. The van der Waals surface area contributed by atoms with E-state index in [0.717, 1.165) is 21.4 Å². The first-order chi connectivity index (χ1) is 10.9. The highest BCUT2D eigenvalue weighted by molar-refractivity contribution is 9.10. The predicted octanol–water partition coefficient (Wildman–Crippen LogP) is 4.55. The summed E-state index contributed by atoms with van der Waals surface area (Å²) in [7, 11) is 0. The summed E-state index contributed by atoms with van der Waals surface area (Å²) in [4.78, 5) is 21.7. The molecular formula is C16H17BrN4OS. The SMILES string of the molecule is Cc1nc2c(C)cc(Br)cn2c1C(=O)Nc1nc(C(C)C)cs1. The number of nitrogens with one attached hydrogen (secondary N) is 1. The van der Waals surface area contributed by atoms with Crippen molar-refractivity contribution in [2.75, 3.05) is 5.32 Å². The number of hydrogen-bond acceptors (Lipinski definition) is 4. The van der Waals surface area contributed by atoms with Crippen LogP contribution in [0.2, 0.25) is 0 Å². The maximum Gasteiger partial charge on any atom is 0.276 e. The molecule has 1 N–H and O–H groups in total. The van der Waals surface area contributed by atoms with Gasteiger partial charge in [-0.3, -0.25) is 14.5 Å². The summed E-state index contributed by atoms with van der Waals surface area (Å²) in [6, 6.07) is 1.99. The summed E-state index contributed by atoms with van der Waals surface area (Å²) in [5, 5.41) is 5.47. The first-order valence-corrected chi connectivity index (χ1v) is 8.95. The van der Waals surface area contributed by atoms with Crippen molar-refractivity contribution in [3.8, 4) is 0 Å². The van der Waals surface area contributed by atoms with Crippen LogP contribution in [0.1, 0.15) is 47.2 Å². The third-order valence-corrected chi connectivity index (χ3v) is 4.80. The Hall–Kier alpha value is -1.73. The molecule has 0 aliphatic heterocycles. The molecule has 0 saturated carbocycles. The number of pyridine rings is 1. The van der Waals surface area contributed by atoms with E-state index in [1.165, 1.54) is 11.3 Å². The van der Waals surface area contributed by atoms with Crippen LogP contribution in [0.3, 0.4) is 0 Å². The second-order valence-electron chi connectivity index (χ2n) is 5.77. The van der Waals surface area contributed by atoms with Crippen molar-refractivity contribution < 1.29 is 4.79 Å². The number of amides is 1. The average Bonchev–Trinajstić information content (AvgIpc) is 3.03. The molecule has 0 unspecified atom stereocenters. The lowest BCUT2D eigenvalue weighted by molar-refractivity contribution is 0.102. The number of aryl methyl sites for hydroxylation is 2. The summed E-state index contributed by atoms with van der Waals surface area (Å²) >= 11 is 4.91. The van der Waals surface area contributed by atoms with Crippen molar-refractivity contribution in [2.24, 2.45) is 0 Å². The summed E-state index contributed by atoms with van der Waals surface area (Å²) in [5.74, 6) is 0.144. The van der Waals surface area contributed by atoms with Crippen LogP contribution >= 0.6 is 27.3 Å². The van der Waals surface area contributed by atoms with Gasteiger partial charge in [-0.2, -0.15) is 0 Å². The Balaban J connectivity index is 1.98. The smallest absolute Gasteiger partial charge is 0.276 e. The number of carbonyl (C=O) groups excluding carboxylic acids is 1. The first-order valence-electron chi connectivity index (χ1n) is 7.28. The van der Waals surface area contributed by atoms with Crippen molar-refractivity contribution in [1.82, 2.24) is 14.4 Å². The lowest BCUT2D eigenvalue weighted by Gasteiger charge is -2.05. The zero-order valence-electron chi connectivity index (χ0n) is 13.3. The maximum absolute atomic E-state index is 12.7. The van der Waals surface area contributed by atoms with Crippen LogP contribution in [0.15, 0.2) is 22.1 Å². The lowest BCUT2D eigenvalue weighted by atomic mass is 10.2. The van der Waals surface area contributed by atoms with Crippen molar-refractivity contribution >= 4 is 44.0 Å². The molecule has 0 aliphatic rings. The highest BCUT2D eigenvalue weighted by atomic mass is 79.9. The number of nitrogens with zero attached hydrogens (tertiary/aromatic N) is 3. The number of imidazole rings is 1. The Morgan fingerprint density at radius 2 is 2.09 bits per heavy atom. The van der Waals surface area contributed by atoms with Crippen molar-refractivity contribution in [1.29, 1.82) is 0 Å². The Morgan fingerprint density at radius 1 is 1.35 bits per heavy atom. The number of carbonyl (C=O) groups is 1. The summed E-state index contributed by atoms with van der Waals surface area (Å²) in [6.07, 6.45) is 1.86. The van der Waals surface area contributed by atoms with Crippen molar-refractivity contribution in [2.45, 2.75) is 33.6 Å². The first kappa shape index (κ1) is 16.1. The third-order valence-electron chi connectivity index (χ3n) is 3.59. The average molecular weight is 393 g/mol. The van der Waals surface area contributed by atoms with Crippen molar-refractivity contribution in [3.63, 3.8) is 0 Å². The number of aromatic nitrogens is 3. The quantitative estimate of drug-likeness (QED) is 0.711. The molecule has 3 aromatic rings. The van der Waals surface area contributed by atoms with E-state index in [1.807, 2.05) is 35.9 Å². The Morgan fingerprint density at radius 3 is 2.74 bits per heavy atom. The second-order valence-corrected chi connectivity index (χ2v) is 7.54. The Kier molecular flexibility index (Phi) is 4.25. The molecule has 7 heteroatoms. The Labute approximate surface area is 146 Å². The molecule has 0 radical (unpaired) electrons. The summed E-state index contributed by atoms with van der Waals surface area (Å²) in [6.45, 7) is 7.98. The molecule has 3 heterocycles. The van der Waals surface area contributed by atoms with E-state index in [1.54, 1.807) is 0 Å². The van der Waals surface area contributed by atoms with E-state index in [0.29, 0.717) is 22.4 Å². The number of rotatable bonds is 3. The van der Waals surface area contributed by atoms with Crippen LogP contribution in [0, 0.1) is 13.8 Å². The van der Waals surface area contributed by atoms with E-state index in [-0.39, 0.29) is 5.91 Å². The molecule has 0 fully saturated rings. The van der Waals surface area contributed by atoms with Gasteiger partial charge in [0.1, 0.15) is 11.3 Å². The van der Waals surface area contributed by atoms with E-state index >= 15 is 0 Å². The van der Waals surface area contributed by atoms with Gasteiger partial charge in [-0.05, 0) is 47.3 Å². The molecule has 1 amide bonds. The number of anilines is 1. The van der Waals surface area contributed by atoms with Crippen LogP contribution in [-0.2, 0) is 0 Å². The van der Waals surface area contributed by atoms with Crippen LogP contribution in [0.5, 0.6) is 0 Å². The molecule has 23 heavy (non-hydrogen) atoms. The van der Waals surface area contributed by atoms with E-state index in [2.05, 4.69) is 45.1 Å². The minimum atomic E-state index is -0.197. The fourth-order valence-electron chi connectivity index (χ4n) is 2.42. The van der Waals surface area contributed by atoms with Crippen LogP contribution in [0.4, 0.5) is 5.13 Å². The third kappa shape index (κ3) is 3.03. The minimum absolute atomic E-state index is 0.197.